The van der Waals surface area contributed by atoms with Crippen molar-refractivity contribution in [1.29, 1.82) is 0 Å². The van der Waals surface area contributed by atoms with Gasteiger partial charge in [-0.15, -0.1) is 0 Å². The lowest BCUT2D eigenvalue weighted by Crippen LogP contribution is -2.63. The first-order valence-electron chi connectivity index (χ1n) is 12.9. The highest BCUT2D eigenvalue weighted by molar-refractivity contribution is 5.85. The smallest absolute Gasteiger partial charge is 0.311 e. The number of primary amides is 1. The average Bonchev–Trinajstić information content (AvgIpc) is 2.85. The van der Waals surface area contributed by atoms with E-state index in [1.807, 2.05) is 6.08 Å². The third-order valence-electron chi connectivity index (χ3n) is 7.22. The van der Waals surface area contributed by atoms with Crippen molar-refractivity contribution in [3.63, 3.8) is 0 Å². The first-order valence-corrected chi connectivity index (χ1v) is 12.9. The van der Waals surface area contributed by atoms with Crippen LogP contribution in [0.25, 0.3) is 5.76 Å². The molecule has 0 bridgehead atoms. The van der Waals surface area contributed by atoms with Crippen LogP contribution in [0.15, 0.2) is 30.3 Å². The number of ether oxygens (including phenoxy) is 1. The van der Waals surface area contributed by atoms with Crippen LogP contribution in [-0.2, 0) is 14.3 Å². The number of carbonyl (C=O) groups excluding carboxylic acids is 2. The Balaban J connectivity index is 1.58. The van der Waals surface area contributed by atoms with E-state index in [1.165, 1.54) is 18.6 Å². The van der Waals surface area contributed by atoms with E-state index in [2.05, 4.69) is 16.7 Å². The molecule has 0 radical (unpaired) electrons. The highest BCUT2D eigenvalue weighted by atomic mass is 19.1. The van der Waals surface area contributed by atoms with Gasteiger partial charge in [0.15, 0.2) is 0 Å². The molecular formula is C27H40FN3O3. The molecule has 0 saturated carbocycles. The summed E-state index contributed by atoms with van der Waals surface area (Å²) >= 11 is 0. The largest absolute Gasteiger partial charge is 0.426 e. The van der Waals surface area contributed by atoms with E-state index < -0.39 is 5.54 Å². The summed E-state index contributed by atoms with van der Waals surface area (Å²) in [4.78, 5) is 29.4. The molecule has 188 valence electrons. The Morgan fingerprint density at radius 2 is 1.74 bits per heavy atom. The van der Waals surface area contributed by atoms with Gasteiger partial charge in [-0.25, -0.2) is 4.39 Å². The lowest BCUT2D eigenvalue weighted by Gasteiger charge is -2.48. The first-order chi connectivity index (χ1) is 16.4. The van der Waals surface area contributed by atoms with Crippen LogP contribution in [0.3, 0.4) is 0 Å². The van der Waals surface area contributed by atoms with Crippen molar-refractivity contribution in [2.45, 2.75) is 76.7 Å². The number of esters is 1. The monoisotopic (exact) mass is 473 g/mol. The predicted octanol–water partition coefficient (Wildman–Crippen LogP) is 4.49. The topological polar surface area (TPSA) is 75.9 Å². The summed E-state index contributed by atoms with van der Waals surface area (Å²) in [6, 6.07) is 6.04. The number of carbonyl (C=O) groups is 2. The lowest BCUT2D eigenvalue weighted by atomic mass is 9.83. The minimum Gasteiger partial charge on any atom is -0.426 e. The number of rotatable bonds is 11. The van der Waals surface area contributed by atoms with E-state index in [0.717, 1.165) is 77.7 Å². The minimum absolute atomic E-state index is 0.192. The number of amides is 1. The lowest BCUT2D eigenvalue weighted by molar-refractivity contribution is -0.137. The molecule has 1 aromatic carbocycles. The van der Waals surface area contributed by atoms with Crippen molar-refractivity contribution in [2.75, 3.05) is 32.7 Å². The van der Waals surface area contributed by atoms with Crippen LogP contribution < -0.4 is 5.73 Å². The summed E-state index contributed by atoms with van der Waals surface area (Å²) in [6.07, 6.45) is 10.8. The average molecular weight is 474 g/mol. The molecule has 0 atom stereocenters. The van der Waals surface area contributed by atoms with E-state index in [-0.39, 0.29) is 17.7 Å². The second-order valence-electron chi connectivity index (χ2n) is 9.58. The number of halogens is 1. The Hall–Kier alpha value is -2.25. The maximum Gasteiger partial charge on any atom is 0.311 e. The molecule has 1 amide bonds. The molecule has 2 saturated heterocycles. The molecule has 7 heteroatoms. The third kappa shape index (κ3) is 7.12. The van der Waals surface area contributed by atoms with Crippen LogP contribution in [0, 0.1) is 5.82 Å². The van der Waals surface area contributed by atoms with Crippen molar-refractivity contribution in [1.82, 2.24) is 9.80 Å². The SMILES string of the molecule is CCCCCC(=O)O/C(=C\CCN1CCC(C(N)=O)(N2CCCCC2)CC1)c1ccc(F)cc1. The van der Waals surface area contributed by atoms with E-state index in [1.54, 1.807) is 12.1 Å². The molecule has 0 unspecified atom stereocenters. The van der Waals surface area contributed by atoms with Crippen LogP contribution in [0.2, 0.25) is 0 Å². The zero-order chi connectivity index (χ0) is 24.4. The second-order valence-corrected chi connectivity index (χ2v) is 9.58. The molecule has 0 spiro atoms. The van der Waals surface area contributed by atoms with Gasteiger partial charge < -0.3 is 15.4 Å². The van der Waals surface area contributed by atoms with Crippen LogP contribution in [0.5, 0.6) is 0 Å². The molecular weight excluding hydrogens is 433 g/mol. The predicted molar refractivity (Wildman–Crippen MR) is 132 cm³/mol. The van der Waals surface area contributed by atoms with Crippen LogP contribution in [0.4, 0.5) is 4.39 Å². The molecule has 2 aliphatic rings. The zero-order valence-corrected chi connectivity index (χ0v) is 20.6. The Morgan fingerprint density at radius 3 is 2.35 bits per heavy atom. The Bertz CT molecular complexity index is 826. The highest BCUT2D eigenvalue weighted by Gasteiger charge is 2.44. The van der Waals surface area contributed by atoms with Crippen molar-refractivity contribution in [3.8, 4) is 0 Å². The normalized spacial score (nSPS) is 19.6. The number of piperidine rings is 2. The van der Waals surface area contributed by atoms with Gasteiger partial charge >= 0.3 is 5.97 Å². The van der Waals surface area contributed by atoms with Gasteiger partial charge in [0.05, 0.1) is 0 Å². The summed E-state index contributed by atoms with van der Waals surface area (Å²) in [5.41, 5.74) is 6.08. The molecule has 0 aliphatic carbocycles. The van der Waals surface area contributed by atoms with Crippen molar-refractivity contribution in [2.24, 2.45) is 5.73 Å². The molecule has 2 N–H and O–H groups in total. The number of hydrogen-bond acceptors (Lipinski definition) is 5. The van der Waals surface area contributed by atoms with E-state index in [4.69, 9.17) is 10.5 Å². The summed E-state index contributed by atoms with van der Waals surface area (Å²) < 4.78 is 19.1. The fraction of sp³-hybridized carbons (Fsp3) is 0.630. The maximum atomic E-state index is 13.4. The highest BCUT2D eigenvalue weighted by Crippen LogP contribution is 2.31. The van der Waals surface area contributed by atoms with Crippen molar-refractivity contribution in [3.05, 3.63) is 41.7 Å². The van der Waals surface area contributed by atoms with Crippen molar-refractivity contribution >= 4 is 17.6 Å². The zero-order valence-electron chi connectivity index (χ0n) is 20.6. The van der Waals surface area contributed by atoms with Gasteiger partial charge in [0.1, 0.15) is 17.1 Å². The van der Waals surface area contributed by atoms with Gasteiger partial charge in [-0.1, -0.05) is 26.2 Å². The van der Waals surface area contributed by atoms with E-state index in [0.29, 0.717) is 24.2 Å². The summed E-state index contributed by atoms with van der Waals surface area (Å²) in [5, 5.41) is 0. The fourth-order valence-corrected chi connectivity index (χ4v) is 5.09. The Labute approximate surface area is 203 Å². The molecule has 2 fully saturated rings. The van der Waals surface area contributed by atoms with Gasteiger partial charge in [-0.2, -0.15) is 0 Å². The third-order valence-corrected chi connectivity index (χ3v) is 7.22. The number of benzene rings is 1. The molecule has 6 nitrogen and oxygen atoms in total. The van der Waals surface area contributed by atoms with E-state index in [9.17, 15) is 14.0 Å². The Morgan fingerprint density at radius 1 is 1.06 bits per heavy atom. The molecule has 0 aromatic heterocycles. The standard InChI is InChI=1S/C27H40FN3O3/c1-2-3-5-10-25(32)34-24(22-11-13-23(28)14-12-22)9-8-17-30-20-15-27(16-21-30,26(29)33)31-18-6-4-7-19-31/h9,11-14H,2-8,10,15-21H2,1H3,(H2,29,33)/b24-9-. The van der Waals surface area contributed by atoms with Gasteiger partial charge in [-0.3, -0.25) is 14.5 Å². The van der Waals surface area contributed by atoms with Crippen LogP contribution in [0.1, 0.15) is 76.7 Å². The maximum absolute atomic E-state index is 13.4. The van der Waals surface area contributed by atoms with Gasteiger partial charge in [0.2, 0.25) is 5.91 Å². The first kappa shape index (κ1) is 26.4. The summed E-state index contributed by atoms with van der Waals surface area (Å²) in [5.74, 6) is -0.284. The Kier molecular flexibility index (Phi) is 10.1. The molecule has 2 aliphatic heterocycles. The molecule has 2 heterocycles. The minimum atomic E-state index is -0.514. The number of unbranched alkanes of at least 4 members (excludes halogenated alkanes) is 2. The fourth-order valence-electron chi connectivity index (χ4n) is 5.09. The van der Waals surface area contributed by atoms with Gasteiger partial charge in [0.25, 0.3) is 0 Å². The van der Waals surface area contributed by atoms with Gasteiger partial charge in [0, 0.05) is 31.6 Å². The van der Waals surface area contributed by atoms with E-state index >= 15 is 0 Å². The summed E-state index contributed by atoms with van der Waals surface area (Å²) in [6.45, 7) is 6.43. The van der Waals surface area contributed by atoms with Crippen LogP contribution >= 0.6 is 0 Å². The number of hydrogen-bond donors (Lipinski definition) is 1. The summed E-state index contributed by atoms with van der Waals surface area (Å²) in [7, 11) is 0. The molecule has 3 rings (SSSR count). The number of nitrogens with zero attached hydrogens (tertiary/aromatic N) is 2. The molecule has 1 aromatic rings. The number of likely N-dealkylation sites (tertiary alicyclic amines) is 2. The quantitative estimate of drug-likeness (QED) is 0.291. The second kappa shape index (κ2) is 13.0. The van der Waals surface area contributed by atoms with Crippen LogP contribution in [-0.4, -0.2) is 59.9 Å². The number of nitrogens with two attached hydrogens (primary N) is 1. The molecule has 34 heavy (non-hydrogen) atoms. The van der Waals surface area contributed by atoms with Crippen molar-refractivity contribution < 1.29 is 18.7 Å². The van der Waals surface area contributed by atoms with Gasteiger partial charge in [-0.05, 0) is 82.0 Å².